The van der Waals surface area contributed by atoms with E-state index in [2.05, 4.69) is 10.5 Å². The van der Waals surface area contributed by atoms with Gasteiger partial charge in [0.05, 0.1) is 5.69 Å². The van der Waals surface area contributed by atoms with Gasteiger partial charge < -0.3 is 9.84 Å². The molecule has 1 heterocycles. The van der Waals surface area contributed by atoms with Crippen LogP contribution < -0.4 is 10.2 Å². The van der Waals surface area contributed by atoms with Gasteiger partial charge in [-0.25, -0.2) is 0 Å². The van der Waals surface area contributed by atoms with Gasteiger partial charge in [0.25, 0.3) is 5.91 Å². The maximum Gasteiger partial charge on any atom is 0.264 e. The molecular formula is C26H29N3O3. The lowest BCUT2D eigenvalue weighted by molar-refractivity contribution is -0.123. The second-order valence-corrected chi connectivity index (χ2v) is 8.51. The fourth-order valence-electron chi connectivity index (χ4n) is 4.40. The summed E-state index contributed by atoms with van der Waals surface area (Å²) >= 11 is 0. The first-order chi connectivity index (χ1) is 15.5. The third-order valence-electron chi connectivity index (χ3n) is 6.10. The van der Waals surface area contributed by atoms with E-state index in [0.29, 0.717) is 22.7 Å². The highest BCUT2D eigenvalue weighted by molar-refractivity contribution is 6.11. The lowest BCUT2D eigenvalue weighted by Crippen LogP contribution is -2.46. The Hall–Kier alpha value is -3.41. The predicted octanol–water partition coefficient (Wildman–Crippen LogP) is 5.05. The first kappa shape index (κ1) is 21.8. The van der Waals surface area contributed by atoms with Crippen molar-refractivity contribution in [2.75, 3.05) is 4.90 Å². The standard InChI is InChI=1S/C26H29N3O3/c1-17-13-15-22(16-14-17)29(26(31)23-18(2)28-32-19(23)3)24(20-9-5-4-6-10-20)25(30)27-21-11-7-8-12-21/h4-6,9-10,13-16,21,24H,7-8,11-12H2,1-3H3,(H,27,30). The highest BCUT2D eigenvalue weighted by Crippen LogP contribution is 2.32. The van der Waals surface area contributed by atoms with Crippen molar-refractivity contribution < 1.29 is 14.1 Å². The zero-order chi connectivity index (χ0) is 22.7. The fourth-order valence-corrected chi connectivity index (χ4v) is 4.40. The minimum Gasteiger partial charge on any atom is -0.361 e. The Kier molecular flexibility index (Phi) is 6.40. The van der Waals surface area contributed by atoms with E-state index < -0.39 is 6.04 Å². The first-order valence-corrected chi connectivity index (χ1v) is 11.1. The molecule has 166 valence electrons. The van der Waals surface area contributed by atoms with Crippen molar-refractivity contribution >= 4 is 17.5 Å². The number of aromatic nitrogens is 1. The molecule has 1 unspecified atom stereocenters. The zero-order valence-corrected chi connectivity index (χ0v) is 18.8. The van der Waals surface area contributed by atoms with E-state index in [1.165, 1.54) is 0 Å². The van der Waals surface area contributed by atoms with Crippen LogP contribution in [-0.2, 0) is 4.79 Å². The number of nitrogens with zero attached hydrogens (tertiary/aromatic N) is 2. The van der Waals surface area contributed by atoms with Crippen LogP contribution >= 0.6 is 0 Å². The maximum absolute atomic E-state index is 13.9. The van der Waals surface area contributed by atoms with Gasteiger partial charge in [-0.15, -0.1) is 0 Å². The molecule has 6 nitrogen and oxygen atoms in total. The molecule has 2 aromatic carbocycles. The molecule has 3 aromatic rings. The van der Waals surface area contributed by atoms with E-state index in [1.54, 1.807) is 18.7 Å². The molecule has 1 atom stereocenters. The highest BCUT2D eigenvalue weighted by atomic mass is 16.5. The topological polar surface area (TPSA) is 75.4 Å². The van der Waals surface area contributed by atoms with Crippen molar-refractivity contribution in [2.24, 2.45) is 0 Å². The average molecular weight is 432 g/mol. The zero-order valence-electron chi connectivity index (χ0n) is 18.8. The van der Waals surface area contributed by atoms with Gasteiger partial charge in [0.2, 0.25) is 5.91 Å². The van der Waals surface area contributed by atoms with Gasteiger partial charge in [-0.3, -0.25) is 14.5 Å². The Morgan fingerprint density at radius 1 is 1.00 bits per heavy atom. The summed E-state index contributed by atoms with van der Waals surface area (Å²) in [4.78, 5) is 29.2. The summed E-state index contributed by atoms with van der Waals surface area (Å²) < 4.78 is 5.28. The summed E-state index contributed by atoms with van der Waals surface area (Å²) in [5.41, 5.74) is 3.37. The van der Waals surface area contributed by atoms with Crippen molar-refractivity contribution in [3.8, 4) is 0 Å². The molecule has 0 bridgehead atoms. The SMILES string of the molecule is Cc1ccc(N(C(=O)c2c(C)noc2C)C(C(=O)NC2CCCC2)c2ccccc2)cc1. The van der Waals surface area contributed by atoms with Crippen molar-refractivity contribution in [3.05, 3.63) is 82.7 Å². The van der Waals surface area contributed by atoms with E-state index in [9.17, 15) is 9.59 Å². The lowest BCUT2D eigenvalue weighted by Gasteiger charge is -2.32. The van der Waals surface area contributed by atoms with Gasteiger partial charge in [0.15, 0.2) is 0 Å². The normalized spacial score (nSPS) is 14.8. The van der Waals surface area contributed by atoms with E-state index in [4.69, 9.17) is 4.52 Å². The molecule has 0 saturated heterocycles. The molecule has 1 saturated carbocycles. The van der Waals surface area contributed by atoms with Crippen molar-refractivity contribution in [1.29, 1.82) is 0 Å². The molecule has 0 aliphatic heterocycles. The van der Waals surface area contributed by atoms with Crippen molar-refractivity contribution in [1.82, 2.24) is 10.5 Å². The average Bonchev–Trinajstić information content (AvgIpc) is 3.42. The number of anilines is 1. The molecule has 0 radical (unpaired) electrons. The van der Waals surface area contributed by atoms with Crippen LogP contribution in [0.4, 0.5) is 5.69 Å². The van der Waals surface area contributed by atoms with E-state index in [1.807, 2.05) is 61.5 Å². The van der Waals surface area contributed by atoms with Crippen LogP contribution in [0.15, 0.2) is 59.1 Å². The Morgan fingerprint density at radius 2 is 1.66 bits per heavy atom. The summed E-state index contributed by atoms with van der Waals surface area (Å²) in [5, 5.41) is 7.16. The molecule has 1 aliphatic carbocycles. The van der Waals surface area contributed by atoms with E-state index >= 15 is 0 Å². The number of carbonyl (C=O) groups excluding carboxylic acids is 2. The molecule has 1 fully saturated rings. The number of carbonyl (C=O) groups is 2. The Bertz CT molecular complexity index is 1060. The summed E-state index contributed by atoms with van der Waals surface area (Å²) in [6, 6.07) is 16.4. The molecule has 2 amide bonds. The predicted molar refractivity (Wildman–Crippen MR) is 124 cm³/mol. The van der Waals surface area contributed by atoms with Crippen LogP contribution in [0.1, 0.15) is 64.7 Å². The third-order valence-corrected chi connectivity index (χ3v) is 6.10. The van der Waals surface area contributed by atoms with Gasteiger partial charge in [0.1, 0.15) is 17.4 Å². The minimum atomic E-state index is -0.819. The summed E-state index contributed by atoms with van der Waals surface area (Å²) in [5.74, 6) is -0.0445. The Labute approximate surface area is 188 Å². The van der Waals surface area contributed by atoms with Gasteiger partial charge >= 0.3 is 0 Å². The van der Waals surface area contributed by atoms with Crippen LogP contribution in [-0.4, -0.2) is 23.0 Å². The van der Waals surface area contributed by atoms with Crippen LogP contribution in [0.3, 0.4) is 0 Å². The quantitative estimate of drug-likeness (QED) is 0.593. The number of aryl methyl sites for hydroxylation is 3. The largest absolute Gasteiger partial charge is 0.361 e. The molecule has 1 aliphatic rings. The Morgan fingerprint density at radius 3 is 2.25 bits per heavy atom. The highest BCUT2D eigenvalue weighted by Gasteiger charge is 2.36. The monoisotopic (exact) mass is 431 g/mol. The number of nitrogens with one attached hydrogen (secondary N) is 1. The van der Waals surface area contributed by atoms with Gasteiger partial charge in [-0.2, -0.15) is 0 Å². The lowest BCUT2D eigenvalue weighted by atomic mass is 10.0. The molecule has 1 N–H and O–H groups in total. The molecule has 0 spiro atoms. The second kappa shape index (κ2) is 9.39. The van der Waals surface area contributed by atoms with Crippen LogP contribution in [0, 0.1) is 20.8 Å². The number of hydrogen-bond donors (Lipinski definition) is 1. The molecular weight excluding hydrogens is 402 g/mol. The van der Waals surface area contributed by atoms with E-state index in [-0.39, 0.29) is 17.9 Å². The number of benzene rings is 2. The van der Waals surface area contributed by atoms with Gasteiger partial charge in [-0.1, -0.05) is 66.0 Å². The molecule has 32 heavy (non-hydrogen) atoms. The fraction of sp³-hybridized carbons (Fsp3) is 0.346. The smallest absolute Gasteiger partial charge is 0.264 e. The summed E-state index contributed by atoms with van der Waals surface area (Å²) in [6.07, 6.45) is 4.16. The maximum atomic E-state index is 13.9. The van der Waals surface area contributed by atoms with Crippen LogP contribution in [0.25, 0.3) is 0 Å². The Balaban J connectivity index is 1.83. The number of rotatable bonds is 6. The minimum absolute atomic E-state index is 0.141. The van der Waals surface area contributed by atoms with Crippen LogP contribution in [0.5, 0.6) is 0 Å². The van der Waals surface area contributed by atoms with Gasteiger partial charge in [0, 0.05) is 11.7 Å². The molecule has 1 aromatic heterocycles. The van der Waals surface area contributed by atoms with Gasteiger partial charge in [-0.05, 0) is 51.3 Å². The number of hydrogen-bond acceptors (Lipinski definition) is 4. The summed E-state index contributed by atoms with van der Waals surface area (Å²) in [7, 11) is 0. The molecule has 4 rings (SSSR count). The third kappa shape index (κ3) is 4.44. The van der Waals surface area contributed by atoms with E-state index in [0.717, 1.165) is 36.8 Å². The first-order valence-electron chi connectivity index (χ1n) is 11.1. The second-order valence-electron chi connectivity index (χ2n) is 8.51. The van der Waals surface area contributed by atoms with Crippen molar-refractivity contribution in [3.63, 3.8) is 0 Å². The van der Waals surface area contributed by atoms with Crippen molar-refractivity contribution in [2.45, 2.75) is 58.5 Å². The summed E-state index contributed by atoms with van der Waals surface area (Å²) in [6.45, 7) is 5.45. The molecule has 6 heteroatoms. The number of amides is 2. The van der Waals surface area contributed by atoms with Crippen LogP contribution in [0.2, 0.25) is 0 Å².